The molecule has 1 fully saturated rings. The van der Waals surface area contributed by atoms with Crippen LogP contribution in [-0.2, 0) is 0 Å². The van der Waals surface area contributed by atoms with Crippen molar-refractivity contribution in [2.45, 2.75) is 32.7 Å². The molecule has 0 aromatic heterocycles. The van der Waals surface area contributed by atoms with Crippen LogP contribution < -0.4 is 0 Å². The first-order chi connectivity index (χ1) is 4.76. The molecule has 11 heavy (non-hydrogen) atoms. The van der Waals surface area contributed by atoms with Crippen LogP contribution >= 0.6 is 0 Å². The van der Waals surface area contributed by atoms with Crippen molar-refractivity contribution in [1.29, 1.82) is 0 Å². The van der Waals surface area contributed by atoms with Gasteiger partial charge in [0, 0.05) is 0 Å². The zero-order valence-electron chi connectivity index (χ0n) is 8.60. The molecule has 66 valence electrons. The van der Waals surface area contributed by atoms with Gasteiger partial charge in [-0.15, -0.1) is 0 Å². The van der Waals surface area contributed by atoms with E-state index >= 15 is 0 Å². The second kappa shape index (κ2) is 2.70. The van der Waals surface area contributed by atoms with Crippen LogP contribution in [0.15, 0.2) is 0 Å². The molecule has 0 N–H and O–H groups in total. The van der Waals surface area contributed by atoms with Crippen LogP contribution in [0.4, 0.5) is 0 Å². The summed E-state index contributed by atoms with van der Waals surface area (Å²) in [6, 6.07) is 0. The van der Waals surface area contributed by atoms with Crippen molar-refractivity contribution in [2.24, 2.45) is 0 Å². The fourth-order valence-electron chi connectivity index (χ4n) is 1.72. The van der Waals surface area contributed by atoms with Crippen LogP contribution in [-0.4, -0.2) is 46.3 Å². The third-order valence-electron chi connectivity index (χ3n) is 2.76. The SMILES string of the molecule is C[N]1[GeH2][N]([Si](C)(C)C)[Si]1(C)C. The fraction of sp³-hybridized carbons (Fsp3) is 1.00. The first-order valence-electron chi connectivity index (χ1n) is 4.25. The summed E-state index contributed by atoms with van der Waals surface area (Å²) < 4.78 is 5.69. The van der Waals surface area contributed by atoms with Crippen LogP contribution in [0.25, 0.3) is 0 Å². The summed E-state index contributed by atoms with van der Waals surface area (Å²) in [6.45, 7) is 12.4. The second-order valence-electron chi connectivity index (χ2n) is 4.93. The van der Waals surface area contributed by atoms with Crippen molar-refractivity contribution in [3.05, 3.63) is 0 Å². The van der Waals surface area contributed by atoms with E-state index in [1.165, 1.54) is 0 Å². The summed E-state index contributed by atoms with van der Waals surface area (Å²) in [7, 11) is 0.415. The molecule has 2 nitrogen and oxygen atoms in total. The van der Waals surface area contributed by atoms with Gasteiger partial charge >= 0.3 is 79.0 Å². The van der Waals surface area contributed by atoms with Crippen molar-refractivity contribution >= 4 is 32.5 Å². The van der Waals surface area contributed by atoms with Gasteiger partial charge in [0.05, 0.1) is 0 Å². The Morgan fingerprint density at radius 1 is 1.18 bits per heavy atom. The van der Waals surface area contributed by atoms with Crippen molar-refractivity contribution in [1.82, 2.24) is 6.71 Å². The van der Waals surface area contributed by atoms with E-state index < -0.39 is 32.5 Å². The van der Waals surface area contributed by atoms with E-state index in [-0.39, 0.29) is 0 Å². The number of rotatable bonds is 1. The topological polar surface area (TPSA) is 6.48 Å². The van der Waals surface area contributed by atoms with Gasteiger partial charge in [-0.1, -0.05) is 0 Å². The zero-order chi connectivity index (χ0) is 8.86. The van der Waals surface area contributed by atoms with E-state index in [1.807, 2.05) is 0 Å². The Labute approximate surface area is 79.1 Å². The average Bonchev–Trinajstić information content (AvgIpc) is 1.80. The number of hydrogen-bond donors (Lipinski definition) is 0. The molecule has 0 spiro atoms. The molecule has 0 radical (unpaired) electrons. The quantitative estimate of drug-likeness (QED) is 0.633. The van der Waals surface area contributed by atoms with E-state index in [9.17, 15) is 0 Å². The first-order valence-corrected chi connectivity index (χ1v) is 13.2. The van der Waals surface area contributed by atoms with Crippen LogP contribution in [0, 0.1) is 0 Å². The van der Waals surface area contributed by atoms with Crippen LogP contribution in [0.5, 0.6) is 0 Å². The molecule has 0 atom stereocenters. The molecule has 0 aromatic rings. The third kappa shape index (κ3) is 1.65. The molecule has 1 aliphatic rings. The first kappa shape index (κ1) is 9.98. The molecule has 0 bridgehead atoms. The molecule has 5 heteroatoms. The molecule has 0 saturated carbocycles. The van der Waals surface area contributed by atoms with Gasteiger partial charge in [0.1, 0.15) is 0 Å². The summed E-state index contributed by atoms with van der Waals surface area (Å²) in [4.78, 5) is 0. The van der Waals surface area contributed by atoms with Gasteiger partial charge in [-0.05, 0) is 0 Å². The maximum atomic E-state index is 2.97. The second-order valence-corrected chi connectivity index (χ2v) is 22.4. The van der Waals surface area contributed by atoms with E-state index in [2.05, 4.69) is 46.5 Å². The summed E-state index contributed by atoms with van der Waals surface area (Å²) in [6.07, 6.45) is 0. The van der Waals surface area contributed by atoms with Gasteiger partial charge in [-0.2, -0.15) is 0 Å². The van der Waals surface area contributed by atoms with Crippen LogP contribution in [0.1, 0.15) is 0 Å². The Morgan fingerprint density at radius 2 is 1.64 bits per heavy atom. The maximum absolute atomic E-state index is 2.97. The van der Waals surface area contributed by atoms with Gasteiger partial charge in [0.25, 0.3) is 0 Å². The van der Waals surface area contributed by atoms with Gasteiger partial charge in [0.2, 0.25) is 0 Å². The molecule has 0 amide bonds. The monoisotopic (exact) mass is 250 g/mol. The van der Waals surface area contributed by atoms with E-state index in [0.29, 0.717) is 0 Å². The number of hydrogen-bond acceptors (Lipinski definition) is 2. The molecule has 1 heterocycles. The van der Waals surface area contributed by atoms with Crippen molar-refractivity contribution in [3.63, 3.8) is 0 Å². The summed E-state index contributed by atoms with van der Waals surface area (Å²) >= 11 is -0.392. The van der Waals surface area contributed by atoms with Gasteiger partial charge in [0.15, 0.2) is 0 Å². The Kier molecular flexibility index (Phi) is 2.45. The summed E-state index contributed by atoms with van der Waals surface area (Å²) in [5.41, 5.74) is 0. The fourth-order valence-corrected chi connectivity index (χ4v) is 23.3. The third-order valence-corrected chi connectivity index (χ3v) is 30.6. The molecule has 1 aliphatic heterocycles. The predicted octanol–water partition coefficient (Wildman–Crippen LogP) is 0.769. The Bertz CT molecular complexity index is 166. The Balaban J connectivity index is 2.67. The van der Waals surface area contributed by atoms with Crippen molar-refractivity contribution in [2.75, 3.05) is 7.05 Å². The Morgan fingerprint density at radius 3 is 1.73 bits per heavy atom. The molecule has 0 aliphatic carbocycles. The van der Waals surface area contributed by atoms with Gasteiger partial charge < -0.3 is 0 Å². The molecule has 1 rings (SSSR count). The van der Waals surface area contributed by atoms with Crippen molar-refractivity contribution in [3.8, 4) is 0 Å². The van der Waals surface area contributed by atoms with Crippen LogP contribution in [0.2, 0.25) is 32.7 Å². The number of nitrogens with zero attached hydrogens (tertiary/aromatic N) is 2. The average molecular weight is 249 g/mol. The zero-order valence-corrected chi connectivity index (χ0v) is 13.6. The van der Waals surface area contributed by atoms with Gasteiger partial charge in [-0.3, -0.25) is 0 Å². The van der Waals surface area contributed by atoms with Gasteiger partial charge in [-0.25, -0.2) is 0 Å². The predicted molar refractivity (Wildman–Crippen MR) is 59.0 cm³/mol. The van der Waals surface area contributed by atoms with Crippen molar-refractivity contribution < 1.29 is 0 Å². The van der Waals surface area contributed by atoms with E-state index in [0.717, 1.165) is 0 Å². The molecular weight excluding hydrogens is 229 g/mol. The summed E-state index contributed by atoms with van der Waals surface area (Å²) in [5.74, 6) is 0. The molecule has 0 unspecified atom stereocenters. The van der Waals surface area contributed by atoms with Crippen LogP contribution in [0.3, 0.4) is 0 Å². The minimum atomic E-state index is -1.01. The Hall–Kier alpha value is 0.897. The standard InChI is InChI=1S/C6H20GeN2Si2/c1-8-7-9(10(2,3)4)11(8,5)6/h7H2,1-6H3. The van der Waals surface area contributed by atoms with E-state index in [4.69, 9.17) is 0 Å². The summed E-state index contributed by atoms with van der Waals surface area (Å²) in [5, 5.41) is 0. The molecular formula is C6H20GeN2Si2. The minimum absolute atomic E-state index is 0.392. The normalized spacial score (nSPS) is 28.9. The molecule has 0 aromatic carbocycles. The van der Waals surface area contributed by atoms with E-state index in [1.54, 1.807) is 0 Å². The molecule has 1 saturated heterocycles.